The summed E-state index contributed by atoms with van der Waals surface area (Å²) in [5.74, 6) is -4.18. The number of aromatic carboxylic acids is 3. The monoisotopic (exact) mass is 495 g/mol. The molecule has 114 valence electrons. The number of carboxylic acids is 3. The van der Waals surface area contributed by atoms with E-state index in [0.717, 1.165) is 6.20 Å². The van der Waals surface area contributed by atoms with Crippen LogP contribution in [0.1, 0.15) is 31.1 Å². The second kappa shape index (κ2) is 5.94. The summed E-state index contributed by atoms with van der Waals surface area (Å²) in [5.41, 5.74) is -1.12. The molecule has 0 spiro atoms. The predicted molar refractivity (Wildman–Crippen MR) is 85.7 cm³/mol. The van der Waals surface area contributed by atoms with Crippen LogP contribution in [-0.4, -0.2) is 38.2 Å². The molecular formula is C12H4Br3NO6. The summed E-state index contributed by atoms with van der Waals surface area (Å²) in [6, 6.07) is 0. The number of carboxylic acid groups (broad SMARTS) is 3. The van der Waals surface area contributed by atoms with Gasteiger partial charge in [0.2, 0.25) is 0 Å². The van der Waals surface area contributed by atoms with Crippen LogP contribution in [0.2, 0.25) is 0 Å². The van der Waals surface area contributed by atoms with Gasteiger partial charge in [-0.2, -0.15) is 0 Å². The fraction of sp³-hybridized carbons (Fsp3) is 0. The Kier molecular flexibility index (Phi) is 4.54. The summed E-state index contributed by atoms with van der Waals surface area (Å²) in [6.45, 7) is 0. The predicted octanol–water partition coefficient (Wildman–Crippen LogP) is 3.62. The molecule has 1 aromatic carbocycles. The second-order valence-corrected chi connectivity index (χ2v) is 6.38. The molecule has 3 N–H and O–H groups in total. The summed E-state index contributed by atoms with van der Waals surface area (Å²) in [4.78, 5) is 37.9. The highest BCUT2D eigenvalue weighted by Gasteiger charge is 2.28. The van der Waals surface area contributed by atoms with Crippen LogP contribution in [0.15, 0.2) is 19.6 Å². The first-order valence-corrected chi connectivity index (χ1v) is 7.75. The van der Waals surface area contributed by atoms with Crippen molar-refractivity contribution in [3.8, 4) is 0 Å². The number of fused-ring (bicyclic) bond motifs is 1. The molecule has 0 aliphatic rings. The Hall–Kier alpha value is -1.52. The van der Waals surface area contributed by atoms with E-state index in [4.69, 9.17) is 5.11 Å². The Bertz CT molecular complexity index is 864. The highest BCUT2D eigenvalue weighted by molar-refractivity contribution is 9.13. The molecule has 0 saturated carbocycles. The fourth-order valence-electron chi connectivity index (χ4n) is 1.90. The SMILES string of the molecule is O=C(O)c1cnc2c(Br)c(C(=O)O)c(Br)c(Br)c2c1C(=O)O. The lowest BCUT2D eigenvalue weighted by atomic mass is 10.0. The Labute approximate surface area is 147 Å². The molecule has 22 heavy (non-hydrogen) atoms. The third-order valence-corrected chi connectivity index (χ3v) is 5.69. The largest absolute Gasteiger partial charge is 0.478 e. The van der Waals surface area contributed by atoms with E-state index in [1.807, 2.05) is 0 Å². The second-order valence-electron chi connectivity index (χ2n) is 4.00. The Morgan fingerprint density at radius 2 is 1.36 bits per heavy atom. The topological polar surface area (TPSA) is 125 Å². The molecule has 0 fully saturated rings. The van der Waals surface area contributed by atoms with Gasteiger partial charge < -0.3 is 15.3 Å². The Morgan fingerprint density at radius 1 is 0.818 bits per heavy atom. The van der Waals surface area contributed by atoms with Crippen LogP contribution in [0.4, 0.5) is 0 Å². The van der Waals surface area contributed by atoms with Crippen LogP contribution < -0.4 is 0 Å². The average Bonchev–Trinajstić information content (AvgIpc) is 2.42. The van der Waals surface area contributed by atoms with Gasteiger partial charge in [0, 0.05) is 20.5 Å². The van der Waals surface area contributed by atoms with Crippen molar-refractivity contribution in [3.05, 3.63) is 36.3 Å². The molecule has 10 heteroatoms. The van der Waals surface area contributed by atoms with Gasteiger partial charge in [0.1, 0.15) is 0 Å². The molecule has 7 nitrogen and oxygen atoms in total. The van der Waals surface area contributed by atoms with Crippen LogP contribution in [0.25, 0.3) is 10.9 Å². The van der Waals surface area contributed by atoms with E-state index in [2.05, 4.69) is 52.8 Å². The van der Waals surface area contributed by atoms with Crippen LogP contribution in [0.3, 0.4) is 0 Å². The van der Waals surface area contributed by atoms with E-state index >= 15 is 0 Å². The van der Waals surface area contributed by atoms with Crippen molar-refractivity contribution in [1.29, 1.82) is 0 Å². The number of halogens is 3. The first kappa shape index (κ1) is 16.8. The number of aromatic nitrogens is 1. The van der Waals surface area contributed by atoms with Crippen molar-refractivity contribution in [2.75, 3.05) is 0 Å². The minimum absolute atomic E-state index is 0.0175. The van der Waals surface area contributed by atoms with Gasteiger partial charge in [-0.15, -0.1) is 0 Å². The van der Waals surface area contributed by atoms with Gasteiger partial charge >= 0.3 is 17.9 Å². The average molecular weight is 498 g/mol. The maximum Gasteiger partial charge on any atom is 0.338 e. The van der Waals surface area contributed by atoms with Gasteiger partial charge in [-0.25, -0.2) is 14.4 Å². The van der Waals surface area contributed by atoms with E-state index in [9.17, 15) is 24.6 Å². The van der Waals surface area contributed by atoms with Gasteiger partial charge in [0.05, 0.1) is 26.7 Å². The molecule has 0 saturated heterocycles. The summed E-state index contributed by atoms with van der Waals surface area (Å²) in [5, 5.41) is 27.7. The van der Waals surface area contributed by atoms with E-state index in [0.29, 0.717) is 0 Å². The minimum Gasteiger partial charge on any atom is -0.478 e. The molecule has 2 aromatic rings. The first-order valence-electron chi connectivity index (χ1n) is 5.37. The molecule has 0 aliphatic heterocycles. The number of benzene rings is 1. The molecule has 0 unspecified atom stereocenters. The number of rotatable bonds is 3. The highest BCUT2D eigenvalue weighted by Crippen LogP contribution is 2.41. The smallest absolute Gasteiger partial charge is 0.338 e. The first-order chi connectivity index (χ1) is 10.2. The number of pyridine rings is 1. The lowest BCUT2D eigenvalue weighted by molar-refractivity contribution is 0.0652. The lowest BCUT2D eigenvalue weighted by Gasteiger charge is -2.13. The van der Waals surface area contributed by atoms with E-state index in [1.54, 1.807) is 0 Å². The maximum atomic E-state index is 11.5. The van der Waals surface area contributed by atoms with Crippen molar-refractivity contribution in [2.45, 2.75) is 0 Å². The third-order valence-electron chi connectivity index (χ3n) is 2.80. The normalized spacial score (nSPS) is 10.7. The lowest BCUT2D eigenvalue weighted by Crippen LogP contribution is -2.11. The zero-order chi connectivity index (χ0) is 16.8. The number of nitrogens with zero attached hydrogens (tertiary/aromatic N) is 1. The van der Waals surface area contributed by atoms with Crippen LogP contribution in [0, 0.1) is 0 Å². The summed E-state index contributed by atoms with van der Waals surface area (Å²) < 4.78 is 0.215. The molecule has 2 rings (SSSR count). The number of hydrogen-bond donors (Lipinski definition) is 3. The van der Waals surface area contributed by atoms with Crippen molar-refractivity contribution in [3.63, 3.8) is 0 Å². The standard InChI is InChI=1S/C12H4Br3NO6/c13-6-4-3(11(19)20)2(10(17)18)1-16-9(4)8(15)5(7(6)14)12(21)22/h1H,(H,17,18)(H,19,20)(H,21,22). The maximum absolute atomic E-state index is 11.5. The number of carbonyl (C=O) groups is 3. The van der Waals surface area contributed by atoms with Gasteiger partial charge in [-0.1, -0.05) is 0 Å². The van der Waals surface area contributed by atoms with Crippen molar-refractivity contribution >= 4 is 76.6 Å². The molecule has 0 amide bonds. The van der Waals surface area contributed by atoms with Crippen molar-refractivity contribution in [2.24, 2.45) is 0 Å². The summed E-state index contributed by atoms with van der Waals surface area (Å²) >= 11 is 9.26. The third kappa shape index (κ3) is 2.50. The van der Waals surface area contributed by atoms with Crippen molar-refractivity contribution in [1.82, 2.24) is 4.98 Å². The molecule has 1 heterocycles. The molecule has 0 bridgehead atoms. The van der Waals surface area contributed by atoms with E-state index in [1.165, 1.54) is 0 Å². The van der Waals surface area contributed by atoms with Crippen LogP contribution in [-0.2, 0) is 0 Å². The molecular weight excluding hydrogens is 494 g/mol. The zero-order valence-corrected chi connectivity index (χ0v) is 15.0. The minimum atomic E-state index is -1.47. The molecule has 0 radical (unpaired) electrons. The zero-order valence-electron chi connectivity index (χ0n) is 10.2. The molecule has 0 atom stereocenters. The highest BCUT2D eigenvalue weighted by atomic mass is 79.9. The molecule has 1 aromatic heterocycles. The Balaban J connectivity index is 3.14. The Morgan fingerprint density at radius 3 is 1.82 bits per heavy atom. The van der Waals surface area contributed by atoms with Crippen molar-refractivity contribution < 1.29 is 29.7 Å². The van der Waals surface area contributed by atoms with Gasteiger partial charge in [-0.05, 0) is 47.8 Å². The van der Waals surface area contributed by atoms with E-state index in [-0.39, 0.29) is 29.9 Å². The summed E-state index contributed by atoms with van der Waals surface area (Å²) in [6.07, 6.45) is 0.880. The quantitative estimate of drug-likeness (QED) is 0.553. The van der Waals surface area contributed by atoms with Crippen LogP contribution >= 0.6 is 47.8 Å². The van der Waals surface area contributed by atoms with Gasteiger partial charge in [0.15, 0.2) is 0 Å². The van der Waals surface area contributed by atoms with Crippen LogP contribution in [0.5, 0.6) is 0 Å². The van der Waals surface area contributed by atoms with E-state index < -0.39 is 29.0 Å². The molecule has 0 aliphatic carbocycles. The van der Waals surface area contributed by atoms with Gasteiger partial charge in [-0.3, -0.25) is 4.98 Å². The number of hydrogen-bond acceptors (Lipinski definition) is 4. The fourth-order valence-corrected chi connectivity index (χ4v) is 3.98. The summed E-state index contributed by atoms with van der Waals surface area (Å²) in [7, 11) is 0. The van der Waals surface area contributed by atoms with Gasteiger partial charge in [0.25, 0.3) is 0 Å².